The highest BCUT2D eigenvalue weighted by Crippen LogP contribution is 2.39. The van der Waals surface area contributed by atoms with Crippen molar-refractivity contribution in [2.75, 3.05) is 7.11 Å². The molecule has 1 saturated carbocycles. The van der Waals surface area contributed by atoms with Crippen LogP contribution in [0.4, 0.5) is 4.39 Å². The second kappa shape index (κ2) is 6.57. The Hall–Kier alpha value is -1.09. The summed E-state index contributed by atoms with van der Waals surface area (Å²) in [4.78, 5) is 0. The summed E-state index contributed by atoms with van der Waals surface area (Å²) in [5.41, 5.74) is 0.663. The van der Waals surface area contributed by atoms with Crippen LogP contribution >= 0.6 is 0 Å². The Morgan fingerprint density at radius 3 is 2.25 bits per heavy atom. The Morgan fingerprint density at radius 1 is 1.15 bits per heavy atom. The fourth-order valence-electron chi connectivity index (χ4n) is 3.27. The molecule has 0 aromatic heterocycles. The van der Waals surface area contributed by atoms with Crippen LogP contribution in [0.15, 0.2) is 18.2 Å². The number of aliphatic hydroxyl groups is 1. The Balaban J connectivity index is 2.01. The average Bonchev–Trinajstić information content (AvgIpc) is 2.46. The predicted molar refractivity (Wildman–Crippen MR) is 78.2 cm³/mol. The van der Waals surface area contributed by atoms with Gasteiger partial charge in [-0.3, -0.25) is 0 Å². The Morgan fingerprint density at radius 2 is 1.75 bits per heavy atom. The van der Waals surface area contributed by atoms with Crippen molar-refractivity contribution in [2.24, 2.45) is 17.8 Å². The minimum absolute atomic E-state index is 0.226. The standard InChI is InChI=1S/C17H25FO2/c1-11(2)12-4-6-13(7-5-12)17(19)14-8-9-16(20-3)15(18)10-14/h8-13,17,19H,4-7H2,1-3H3. The second-order valence-corrected chi connectivity index (χ2v) is 6.26. The first-order chi connectivity index (χ1) is 9.52. The summed E-state index contributed by atoms with van der Waals surface area (Å²) in [5, 5.41) is 10.5. The van der Waals surface area contributed by atoms with Gasteiger partial charge >= 0.3 is 0 Å². The molecule has 1 aromatic carbocycles. The number of halogens is 1. The number of methoxy groups -OCH3 is 1. The van der Waals surface area contributed by atoms with Crippen LogP contribution in [0.3, 0.4) is 0 Å². The van der Waals surface area contributed by atoms with Crippen molar-refractivity contribution in [1.82, 2.24) is 0 Å². The van der Waals surface area contributed by atoms with E-state index in [4.69, 9.17) is 4.74 Å². The highest BCUT2D eigenvalue weighted by molar-refractivity contribution is 5.30. The van der Waals surface area contributed by atoms with Gasteiger partial charge in [0.2, 0.25) is 0 Å². The van der Waals surface area contributed by atoms with Crippen LogP contribution in [-0.2, 0) is 0 Å². The highest BCUT2D eigenvalue weighted by Gasteiger charge is 2.28. The van der Waals surface area contributed by atoms with E-state index in [2.05, 4.69) is 13.8 Å². The summed E-state index contributed by atoms with van der Waals surface area (Å²) in [6, 6.07) is 4.76. The maximum Gasteiger partial charge on any atom is 0.165 e. The lowest BCUT2D eigenvalue weighted by Crippen LogP contribution is -2.23. The number of aliphatic hydroxyl groups excluding tert-OH is 1. The fourth-order valence-corrected chi connectivity index (χ4v) is 3.27. The van der Waals surface area contributed by atoms with E-state index in [0.29, 0.717) is 11.5 Å². The smallest absolute Gasteiger partial charge is 0.165 e. The summed E-state index contributed by atoms with van der Waals surface area (Å²) in [5.74, 6) is 1.56. The first-order valence-corrected chi connectivity index (χ1v) is 7.54. The fraction of sp³-hybridized carbons (Fsp3) is 0.647. The molecular formula is C17H25FO2. The zero-order valence-electron chi connectivity index (χ0n) is 12.6. The molecule has 1 unspecified atom stereocenters. The van der Waals surface area contributed by atoms with Gasteiger partial charge in [0.25, 0.3) is 0 Å². The Kier molecular flexibility index (Phi) is 5.03. The van der Waals surface area contributed by atoms with Gasteiger partial charge in [-0.2, -0.15) is 0 Å². The second-order valence-electron chi connectivity index (χ2n) is 6.26. The lowest BCUT2D eigenvalue weighted by Gasteiger charge is -2.33. The molecule has 0 radical (unpaired) electrons. The third kappa shape index (κ3) is 3.32. The van der Waals surface area contributed by atoms with Gasteiger partial charge in [-0.25, -0.2) is 4.39 Å². The summed E-state index contributed by atoms with van der Waals surface area (Å²) in [6.45, 7) is 4.53. The van der Waals surface area contributed by atoms with Gasteiger partial charge in [0.15, 0.2) is 11.6 Å². The quantitative estimate of drug-likeness (QED) is 0.889. The molecule has 3 heteroatoms. The highest BCUT2D eigenvalue weighted by atomic mass is 19.1. The Labute approximate surface area is 121 Å². The van der Waals surface area contributed by atoms with Gasteiger partial charge in [-0.1, -0.05) is 19.9 Å². The summed E-state index contributed by atoms with van der Waals surface area (Å²) < 4.78 is 18.6. The molecule has 1 aliphatic rings. The minimum atomic E-state index is -0.566. The molecule has 0 aliphatic heterocycles. The first kappa shape index (κ1) is 15.3. The monoisotopic (exact) mass is 280 g/mol. The molecule has 0 heterocycles. The van der Waals surface area contributed by atoms with Gasteiger partial charge in [-0.15, -0.1) is 0 Å². The van der Waals surface area contributed by atoms with Crippen molar-refractivity contribution in [3.8, 4) is 5.75 Å². The van der Waals surface area contributed by atoms with Gasteiger partial charge in [-0.05, 0) is 61.1 Å². The lowest BCUT2D eigenvalue weighted by atomic mass is 9.74. The van der Waals surface area contributed by atoms with Crippen LogP contribution in [0.5, 0.6) is 5.75 Å². The van der Waals surface area contributed by atoms with E-state index in [1.807, 2.05) is 0 Å². The van der Waals surface area contributed by atoms with E-state index in [1.54, 1.807) is 12.1 Å². The van der Waals surface area contributed by atoms with Crippen molar-refractivity contribution in [3.05, 3.63) is 29.6 Å². The molecule has 1 fully saturated rings. The van der Waals surface area contributed by atoms with E-state index in [0.717, 1.165) is 31.6 Å². The largest absolute Gasteiger partial charge is 0.494 e. The molecule has 0 amide bonds. The van der Waals surface area contributed by atoms with Crippen LogP contribution in [0.2, 0.25) is 0 Å². The molecule has 0 bridgehead atoms. The predicted octanol–water partition coefficient (Wildman–Crippen LogP) is 4.33. The lowest BCUT2D eigenvalue weighted by molar-refractivity contribution is 0.0665. The summed E-state index contributed by atoms with van der Waals surface area (Å²) in [6.07, 6.45) is 3.81. The maximum atomic E-state index is 13.7. The molecule has 1 aromatic rings. The molecule has 0 spiro atoms. The SMILES string of the molecule is COc1ccc(C(O)C2CCC(C(C)C)CC2)cc1F. The van der Waals surface area contributed by atoms with Crippen LogP contribution in [-0.4, -0.2) is 12.2 Å². The van der Waals surface area contributed by atoms with E-state index >= 15 is 0 Å². The zero-order valence-corrected chi connectivity index (χ0v) is 12.6. The van der Waals surface area contributed by atoms with Crippen LogP contribution in [0.1, 0.15) is 51.2 Å². The Bertz CT molecular complexity index is 437. The number of hydrogen-bond donors (Lipinski definition) is 1. The number of benzene rings is 1. The van der Waals surface area contributed by atoms with E-state index in [-0.39, 0.29) is 11.7 Å². The van der Waals surface area contributed by atoms with Crippen molar-refractivity contribution in [2.45, 2.75) is 45.6 Å². The molecular weight excluding hydrogens is 255 g/mol. The van der Waals surface area contributed by atoms with Crippen molar-refractivity contribution < 1.29 is 14.2 Å². The average molecular weight is 280 g/mol. The number of ether oxygens (including phenoxy) is 1. The normalized spacial score (nSPS) is 24.7. The molecule has 2 rings (SSSR count). The topological polar surface area (TPSA) is 29.5 Å². The third-order valence-electron chi connectivity index (χ3n) is 4.72. The number of rotatable bonds is 4. The first-order valence-electron chi connectivity index (χ1n) is 7.54. The van der Waals surface area contributed by atoms with Gasteiger partial charge in [0.05, 0.1) is 13.2 Å². The van der Waals surface area contributed by atoms with Crippen LogP contribution in [0, 0.1) is 23.6 Å². The van der Waals surface area contributed by atoms with E-state index < -0.39 is 11.9 Å². The van der Waals surface area contributed by atoms with Crippen LogP contribution < -0.4 is 4.74 Å². The van der Waals surface area contributed by atoms with Crippen molar-refractivity contribution >= 4 is 0 Å². The molecule has 1 atom stereocenters. The summed E-state index contributed by atoms with van der Waals surface area (Å²) >= 11 is 0. The van der Waals surface area contributed by atoms with Gasteiger partial charge < -0.3 is 9.84 Å². The zero-order chi connectivity index (χ0) is 14.7. The summed E-state index contributed by atoms with van der Waals surface area (Å²) in [7, 11) is 1.45. The van der Waals surface area contributed by atoms with Gasteiger partial charge in [0.1, 0.15) is 0 Å². The molecule has 1 aliphatic carbocycles. The molecule has 2 nitrogen and oxygen atoms in total. The maximum absolute atomic E-state index is 13.7. The molecule has 20 heavy (non-hydrogen) atoms. The van der Waals surface area contributed by atoms with Crippen LogP contribution in [0.25, 0.3) is 0 Å². The minimum Gasteiger partial charge on any atom is -0.494 e. The molecule has 0 saturated heterocycles. The number of hydrogen-bond acceptors (Lipinski definition) is 2. The van der Waals surface area contributed by atoms with E-state index in [1.165, 1.54) is 13.2 Å². The molecule has 1 N–H and O–H groups in total. The van der Waals surface area contributed by atoms with E-state index in [9.17, 15) is 9.50 Å². The van der Waals surface area contributed by atoms with Crippen molar-refractivity contribution in [3.63, 3.8) is 0 Å². The van der Waals surface area contributed by atoms with Gasteiger partial charge in [0, 0.05) is 0 Å². The molecule has 112 valence electrons. The van der Waals surface area contributed by atoms with Crippen molar-refractivity contribution in [1.29, 1.82) is 0 Å². The third-order valence-corrected chi connectivity index (χ3v) is 4.72.